The summed E-state index contributed by atoms with van der Waals surface area (Å²) in [6, 6.07) is 0. The first kappa shape index (κ1) is 15.8. The van der Waals surface area contributed by atoms with E-state index in [0.717, 1.165) is 38.3 Å². The van der Waals surface area contributed by atoms with Gasteiger partial charge in [0.1, 0.15) is 0 Å². The number of aliphatic hydroxyl groups excluding tert-OH is 1. The van der Waals surface area contributed by atoms with Crippen molar-refractivity contribution in [2.75, 3.05) is 33.3 Å². The van der Waals surface area contributed by atoms with Crippen LogP contribution in [0.15, 0.2) is 4.99 Å². The average molecular weight is 271 g/mol. The van der Waals surface area contributed by atoms with E-state index in [0.29, 0.717) is 19.5 Å². The average Bonchev–Trinajstić information content (AvgIpc) is 2.83. The van der Waals surface area contributed by atoms with Gasteiger partial charge in [-0.1, -0.05) is 0 Å². The molecule has 1 rings (SSSR count). The standard InChI is InChI=1S/C13H25N3O3/c1-3-14-13(16-9-7-11(17)10-16)15-8-5-4-6-12(18)19-2/h11,17H,3-10H2,1-2H3,(H,14,15)/t11-/m1/s1. The minimum absolute atomic E-state index is 0.168. The molecule has 0 spiro atoms. The number of likely N-dealkylation sites (tertiary alicyclic amines) is 1. The number of guanidine groups is 1. The lowest BCUT2D eigenvalue weighted by atomic mass is 10.2. The molecular formula is C13H25N3O3. The van der Waals surface area contributed by atoms with Gasteiger partial charge in [-0.25, -0.2) is 0 Å². The van der Waals surface area contributed by atoms with Crippen molar-refractivity contribution >= 4 is 11.9 Å². The molecule has 2 N–H and O–H groups in total. The Labute approximate surface area is 114 Å². The van der Waals surface area contributed by atoms with Crippen molar-refractivity contribution in [2.45, 2.75) is 38.7 Å². The van der Waals surface area contributed by atoms with E-state index in [1.165, 1.54) is 7.11 Å². The van der Waals surface area contributed by atoms with Gasteiger partial charge in [0.05, 0.1) is 13.2 Å². The zero-order valence-electron chi connectivity index (χ0n) is 11.9. The van der Waals surface area contributed by atoms with Gasteiger partial charge in [0, 0.05) is 32.6 Å². The molecule has 110 valence electrons. The molecule has 1 saturated heterocycles. The molecule has 0 aliphatic carbocycles. The summed E-state index contributed by atoms with van der Waals surface area (Å²) in [5.41, 5.74) is 0. The first-order valence-corrected chi connectivity index (χ1v) is 6.95. The molecule has 0 bridgehead atoms. The molecule has 1 aliphatic rings. The van der Waals surface area contributed by atoms with Crippen LogP contribution < -0.4 is 5.32 Å². The van der Waals surface area contributed by atoms with Crippen LogP contribution in [0, 0.1) is 0 Å². The highest BCUT2D eigenvalue weighted by molar-refractivity contribution is 5.80. The summed E-state index contributed by atoms with van der Waals surface area (Å²) in [5, 5.41) is 12.8. The Bertz CT molecular complexity index is 308. The summed E-state index contributed by atoms with van der Waals surface area (Å²) in [7, 11) is 1.41. The molecule has 1 aliphatic heterocycles. The molecule has 19 heavy (non-hydrogen) atoms. The Morgan fingerprint density at radius 1 is 1.53 bits per heavy atom. The number of esters is 1. The van der Waals surface area contributed by atoms with Crippen molar-refractivity contribution < 1.29 is 14.6 Å². The number of nitrogens with zero attached hydrogens (tertiary/aromatic N) is 2. The Morgan fingerprint density at radius 3 is 2.89 bits per heavy atom. The van der Waals surface area contributed by atoms with E-state index in [-0.39, 0.29) is 12.1 Å². The van der Waals surface area contributed by atoms with Gasteiger partial charge in [0.2, 0.25) is 0 Å². The van der Waals surface area contributed by atoms with Crippen LogP contribution in [0.1, 0.15) is 32.6 Å². The Kier molecular flexibility index (Phi) is 7.25. The monoisotopic (exact) mass is 271 g/mol. The largest absolute Gasteiger partial charge is 0.469 e. The number of β-amino-alcohol motifs (C(OH)–C–C–N with tert-alkyl or cyclic N) is 1. The second-order valence-electron chi connectivity index (χ2n) is 4.66. The highest BCUT2D eigenvalue weighted by atomic mass is 16.5. The number of hydrogen-bond acceptors (Lipinski definition) is 4. The quantitative estimate of drug-likeness (QED) is 0.316. The van der Waals surface area contributed by atoms with Crippen LogP contribution in [0.3, 0.4) is 0 Å². The fourth-order valence-electron chi connectivity index (χ4n) is 2.03. The molecule has 1 fully saturated rings. The van der Waals surface area contributed by atoms with Gasteiger partial charge >= 0.3 is 5.97 Å². The molecular weight excluding hydrogens is 246 g/mol. The molecule has 0 amide bonds. The van der Waals surface area contributed by atoms with Crippen LogP contribution >= 0.6 is 0 Å². The van der Waals surface area contributed by atoms with Gasteiger partial charge < -0.3 is 20.1 Å². The molecule has 1 heterocycles. The maximum atomic E-state index is 11.0. The van der Waals surface area contributed by atoms with E-state index >= 15 is 0 Å². The fraction of sp³-hybridized carbons (Fsp3) is 0.846. The van der Waals surface area contributed by atoms with Crippen molar-refractivity contribution in [1.29, 1.82) is 0 Å². The Morgan fingerprint density at radius 2 is 2.32 bits per heavy atom. The number of carbonyl (C=O) groups excluding carboxylic acids is 1. The topological polar surface area (TPSA) is 74.2 Å². The normalized spacial score (nSPS) is 19.6. The highest BCUT2D eigenvalue weighted by Crippen LogP contribution is 2.09. The lowest BCUT2D eigenvalue weighted by Gasteiger charge is -2.20. The van der Waals surface area contributed by atoms with E-state index in [1.807, 2.05) is 6.92 Å². The molecule has 0 saturated carbocycles. The molecule has 0 aromatic rings. The van der Waals surface area contributed by atoms with Gasteiger partial charge in [-0.3, -0.25) is 9.79 Å². The summed E-state index contributed by atoms with van der Waals surface area (Å²) in [6.07, 6.45) is 2.65. The number of aliphatic hydroxyl groups is 1. The van der Waals surface area contributed by atoms with Gasteiger partial charge in [-0.05, 0) is 26.2 Å². The van der Waals surface area contributed by atoms with E-state index in [2.05, 4.69) is 19.9 Å². The number of rotatable bonds is 6. The molecule has 1 atom stereocenters. The summed E-state index contributed by atoms with van der Waals surface area (Å²) in [4.78, 5) is 17.5. The zero-order valence-corrected chi connectivity index (χ0v) is 11.9. The fourth-order valence-corrected chi connectivity index (χ4v) is 2.03. The van der Waals surface area contributed by atoms with Gasteiger partial charge in [-0.15, -0.1) is 0 Å². The SMILES string of the molecule is CCNC(=NCCCCC(=O)OC)N1CC[C@@H](O)C1. The summed E-state index contributed by atoms with van der Waals surface area (Å²) in [5.74, 6) is 0.690. The summed E-state index contributed by atoms with van der Waals surface area (Å²) in [6.45, 7) is 5.02. The third-order valence-electron chi connectivity index (χ3n) is 3.08. The summed E-state index contributed by atoms with van der Waals surface area (Å²) >= 11 is 0. The molecule has 0 radical (unpaired) electrons. The first-order valence-electron chi connectivity index (χ1n) is 6.95. The first-order chi connectivity index (χ1) is 9.17. The highest BCUT2D eigenvalue weighted by Gasteiger charge is 2.22. The van der Waals surface area contributed by atoms with Crippen LogP contribution in [-0.2, 0) is 9.53 Å². The van der Waals surface area contributed by atoms with E-state index in [4.69, 9.17) is 0 Å². The smallest absolute Gasteiger partial charge is 0.305 e. The summed E-state index contributed by atoms with van der Waals surface area (Å²) < 4.78 is 4.59. The van der Waals surface area contributed by atoms with Crippen LogP contribution in [0.25, 0.3) is 0 Å². The number of hydrogen-bond donors (Lipinski definition) is 2. The second-order valence-corrected chi connectivity index (χ2v) is 4.66. The van der Waals surface area contributed by atoms with E-state index in [1.54, 1.807) is 0 Å². The predicted octanol–water partition coefficient (Wildman–Crippen LogP) is 0.362. The van der Waals surface area contributed by atoms with Crippen molar-refractivity contribution in [2.24, 2.45) is 4.99 Å². The predicted molar refractivity (Wildman–Crippen MR) is 74.0 cm³/mol. The minimum atomic E-state index is -0.247. The Hall–Kier alpha value is -1.30. The van der Waals surface area contributed by atoms with Gasteiger partial charge in [-0.2, -0.15) is 0 Å². The lowest BCUT2D eigenvalue weighted by molar-refractivity contribution is -0.140. The molecule has 0 aromatic heterocycles. The van der Waals surface area contributed by atoms with Crippen LogP contribution in [0.4, 0.5) is 0 Å². The Balaban J connectivity index is 2.30. The molecule has 6 nitrogen and oxygen atoms in total. The number of ether oxygens (including phenoxy) is 1. The zero-order chi connectivity index (χ0) is 14.1. The molecule has 0 aromatic carbocycles. The molecule has 6 heteroatoms. The number of methoxy groups -OCH3 is 1. The van der Waals surface area contributed by atoms with Crippen molar-refractivity contribution in [3.63, 3.8) is 0 Å². The van der Waals surface area contributed by atoms with Crippen molar-refractivity contribution in [1.82, 2.24) is 10.2 Å². The third kappa shape index (κ3) is 5.92. The number of nitrogens with one attached hydrogen (secondary N) is 1. The van der Waals surface area contributed by atoms with Gasteiger partial charge in [0.25, 0.3) is 0 Å². The van der Waals surface area contributed by atoms with Crippen LogP contribution in [0.5, 0.6) is 0 Å². The number of unbranched alkanes of at least 4 members (excludes halogenated alkanes) is 1. The maximum Gasteiger partial charge on any atom is 0.305 e. The lowest BCUT2D eigenvalue weighted by Crippen LogP contribution is -2.40. The second kappa shape index (κ2) is 8.74. The molecule has 0 unspecified atom stereocenters. The van der Waals surface area contributed by atoms with Crippen LogP contribution in [-0.4, -0.2) is 61.3 Å². The third-order valence-corrected chi connectivity index (χ3v) is 3.08. The van der Waals surface area contributed by atoms with Crippen molar-refractivity contribution in [3.05, 3.63) is 0 Å². The van der Waals surface area contributed by atoms with Crippen molar-refractivity contribution in [3.8, 4) is 0 Å². The van der Waals surface area contributed by atoms with Gasteiger partial charge in [0.15, 0.2) is 5.96 Å². The van der Waals surface area contributed by atoms with E-state index < -0.39 is 0 Å². The van der Waals surface area contributed by atoms with Crippen LogP contribution in [0.2, 0.25) is 0 Å². The maximum absolute atomic E-state index is 11.0. The van der Waals surface area contributed by atoms with E-state index in [9.17, 15) is 9.90 Å². The number of carbonyl (C=O) groups is 1. The minimum Gasteiger partial charge on any atom is -0.469 e. The number of aliphatic imine (C=N–C) groups is 1.